The minimum Gasteiger partial charge on any atom is -0.463 e. The van der Waals surface area contributed by atoms with Crippen LogP contribution in [-0.2, 0) is 28.7 Å². The van der Waals surface area contributed by atoms with Gasteiger partial charge in [0.15, 0.2) is 5.69 Å². The van der Waals surface area contributed by atoms with Gasteiger partial charge in [-0.3, -0.25) is 24.0 Å². The molecule has 244 valence electrons. The lowest BCUT2D eigenvalue weighted by Gasteiger charge is -2.28. The van der Waals surface area contributed by atoms with E-state index in [0.29, 0.717) is 18.7 Å². The van der Waals surface area contributed by atoms with Crippen molar-refractivity contribution in [2.45, 2.75) is 91.9 Å². The molecule has 1 aliphatic rings. The van der Waals surface area contributed by atoms with Crippen LogP contribution in [0.5, 0.6) is 0 Å². The van der Waals surface area contributed by atoms with Gasteiger partial charge in [-0.15, -0.1) is 0 Å². The predicted molar refractivity (Wildman–Crippen MR) is 160 cm³/mol. The molecule has 14 nitrogen and oxygen atoms in total. The number of aryl methyl sites for hydroxylation is 1. The minimum atomic E-state index is -1.01. The fraction of sp³-hybridized carbons (Fsp3) is 0.633. The molecule has 0 aromatic carbocycles. The van der Waals surface area contributed by atoms with Crippen molar-refractivity contribution in [1.82, 2.24) is 31.7 Å². The zero-order valence-corrected chi connectivity index (χ0v) is 26.5. The fourth-order valence-corrected chi connectivity index (χ4v) is 4.62. The molecule has 5 N–H and O–H groups in total. The first-order valence-electron chi connectivity index (χ1n) is 15.0. The lowest BCUT2D eigenvalue weighted by atomic mass is 9.96. The third-order valence-corrected chi connectivity index (χ3v) is 6.97. The topological polar surface area (TPSA) is 198 Å². The maximum atomic E-state index is 13.5. The molecule has 0 saturated carbocycles. The van der Waals surface area contributed by atoms with E-state index in [1.54, 1.807) is 27.7 Å². The number of carbonyl (C=O) groups excluding carboxylic acids is 6. The second kappa shape index (κ2) is 17.2. The summed E-state index contributed by atoms with van der Waals surface area (Å²) in [6.07, 6.45) is 3.85. The molecule has 0 spiro atoms. The van der Waals surface area contributed by atoms with Crippen molar-refractivity contribution in [2.24, 2.45) is 17.8 Å². The van der Waals surface area contributed by atoms with E-state index in [-0.39, 0.29) is 48.8 Å². The van der Waals surface area contributed by atoms with E-state index in [1.165, 1.54) is 25.1 Å². The first-order valence-corrected chi connectivity index (χ1v) is 15.0. The summed E-state index contributed by atoms with van der Waals surface area (Å²) in [6.45, 7) is 12.8. The highest BCUT2D eigenvalue weighted by Gasteiger charge is 2.33. The number of hydrogen-bond donors (Lipinski definition) is 5. The van der Waals surface area contributed by atoms with Crippen LogP contribution in [0.4, 0.5) is 0 Å². The standard InChI is InChI=1S/C30H46N6O8/c1-8-43-24(37)10-9-21(15-20-11-12-31-27(20)39)33-28(40)22(13-16(2)3)34-30(42)25(17(4)5)35-26(38)19(7)32-29(41)23-14-18(6)44-36-23/h9-10,14,16-17,19-22,25H,8,11-13,15H2,1-7H3,(H,31,39)(H,32,41)(H,33,40)(H,34,42)(H,35,38)/b10-9-/t19-,20-,21+,22-,25-/m0/s1. The lowest BCUT2D eigenvalue weighted by Crippen LogP contribution is -2.58. The number of nitrogens with zero attached hydrogens (tertiary/aromatic N) is 1. The van der Waals surface area contributed by atoms with Crippen molar-refractivity contribution < 1.29 is 38.0 Å². The highest BCUT2D eigenvalue weighted by molar-refractivity contribution is 5.97. The van der Waals surface area contributed by atoms with Gasteiger partial charge in [0.05, 0.1) is 6.61 Å². The van der Waals surface area contributed by atoms with Crippen LogP contribution in [0, 0.1) is 24.7 Å². The van der Waals surface area contributed by atoms with E-state index in [0.717, 1.165) is 0 Å². The molecular weight excluding hydrogens is 572 g/mol. The van der Waals surface area contributed by atoms with Gasteiger partial charge >= 0.3 is 5.97 Å². The van der Waals surface area contributed by atoms with Crippen molar-refractivity contribution in [2.75, 3.05) is 13.2 Å². The van der Waals surface area contributed by atoms with Crippen LogP contribution in [0.2, 0.25) is 0 Å². The fourth-order valence-electron chi connectivity index (χ4n) is 4.62. The molecule has 0 unspecified atom stereocenters. The Hall–Kier alpha value is -4.23. The van der Waals surface area contributed by atoms with Gasteiger partial charge < -0.3 is 35.8 Å². The molecule has 44 heavy (non-hydrogen) atoms. The molecule has 2 rings (SSSR count). The second-order valence-corrected chi connectivity index (χ2v) is 11.7. The molecule has 0 bridgehead atoms. The number of rotatable bonds is 16. The van der Waals surface area contributed by atoms with Crippen LogP contribution >= 0.6 is 0 Å². The van der Waals surface area contributed by atoms with Crippen LogP contribution in [0.1, 0.15) is 77.1 Å². The van der Waals surface area contributed by atoms with E-state index in [2.05, 4.69) is 31.7 Å². The quantitative estimate of drug-likeness (QED) is 0.132. The Labute approximate surface area is 257 Å². The molecule has 0 aliphatic carbocycles. The Bertz CT molecular complexity index is 1210. The summed E-state index contributed by atoms with van der Waals surface area (Å²) in [5, 5.41) is 17.2. The number of ether oxygens (including phenoxy) is 1. The van der Waals surface area contributed by atoms with Crippen molar-refractivity contribution >= 4 is 35.5 Å². The first kappa shape index (κ1) is 36.0. The average molecular weight is 619 g/mol. The van der Waals surface area contributed by atoms with Crippen molar-refractivity contribution in [3.8, 4) is 0 Å². The van der Waals surface area contributed by atoms with Gasteiger partial charge in [-0.05, 0) is 51.9 Å². The number of nitrogens with one attached hydrogen (secondary N) is 5. The van der Waals surface area contributed by atoms with Crippen LogP contribution in [0.3, 0.4) is 0 Å². The molecule has 1 aromatic heterocycles. The number of aromatic nitrogens is 1. The average Bonchev–Trinajstić information content (AvgIpc) is 3.56. The molecule has 5 atom stereocenters. The van der Waals surface area contributed by atoms with Crippen molar-refractivity contribution in [3.05, 3.63) is 29.7 Å². The monoisotopic (exact) mass is 618 g/mol. The summed E-state index contributed by atoms with van der Waals surface area (Å²) < 4.78 is 9.84. The summed E-state index contributed by atoms with van der Waals surface area (Å²) in [5.41, 5.74) is 0.0202. The van der Waals surface area contributed by atoms with Gasteiger partial charge in [0, 0.05) is 30.6 Å². The van der Waals surface area contributed by atoms with E-state index in [9.17, 15) is 28.8 Å². The van der Waals surface area contributed by atoms with Crippen LogP contribution in [0.25, 0.3) is 0 Å². The number of amides is 5. The lowest BCUT2D eigenvalue weighted by molar-refractivity contribution is -0.137. The molecule has 1 aromatic rings. The van der Waals surface area contributed by atoms with Gasteiger partial charge in [-0.1, -0.05) is 38.9 Å². The van der Waals surface area contributed by atoms with Gasteiger partial charge in [-0.25, -0.2) is 4.79 Å². The number of hydrogen-bond acceptors (Lipinski definition) is 9. The van der Waals surface area contributed by atoms with Gasteiger partial charge in [0.1, 0.15) is 23.9 Å². The number of carbonyl (C=O) groups is 6. The molecule has 0 radical (unpaired) electrons. The maximum absolute atomic E-state index is 13.5. The summed E-state index contributed by atoms with van der Waals surface area (Å²) in [6, 6.07) is -2.22. The third kappa shape index (κ3) is 11.5. The molecule has 5 amide bonds. The van der Waals surface area contributed by atoms with Crippen molar-refractivity contribution in [3.63, 3.8) is 0 Å². The molecule has 1 saturated heterocycles. The second-order valence-electron chi connectivity index (χ2n) is 11.7. The summed E-state index contributed by atoms with van der Waals surface area (Å²) in [7, 11) is 0. The summed E-state index contributed by atoms with van der Waals surface area (Å²) >= 11 is 0. The highest BCUT2D eigenvalue weighted by atomic mass is 16.5. The van der Waals surface area contributed by atoms with E-state index >= 15 is 0 Å². The van der Waals surface area contributed by atoms with Crippen LogP contribution < -0.4 is 26.6 Å². The zero-order valence-electron chi connectivity index (χ0n) is 26.5. The number of esters is 1. The highest BCUT2D eigenvalue weighted by Crippen LogP contribution is 2.18. The Morgan fingerprint density at radius 3 is 2.30 bits per heavy atom. The first-order chi connectivity index (χ1) is 20.7. The Kier molecular flexibility index (Phi) is 14.0. The maximum Gasteiger partial charge on any atom is 0.330 e. The Balaban J connectivity index is 2.13. The Morgan fingerprint density at radius 1 is 1.05 bits per heavy atom. The van der Waals surface area contributed by atoms with Crippen molar-refractivity contribution in [1.29, 1.82) is 0 Å². The van der Waals surface area contributed by atoms with E-state index in [4.69, 9.17) is 9.26 Å². The van der Waals surface area contributed by atoms with E-state index < -0.39 is 53.8 Å². The molecular formula is C30H46N6O8. The zero-order chi connectivity index (χ0) is 33.0. The van der Waals surface area contributed by atoms with E-state index in [1.807, 2.05) is 13.8 Å². The smallest absolute Gasteiger partial charge is 0.330 e. The van der Waals surface area contributed by atoms with Gasteiger partial charge in [0.2, 0.25) is 23.6 Å². The predicted octanol–water partition coefficient (Wildman–Crippen LogP) is 0.903. The van der Waals surface area contributed by atoms with Crippen LogP contribution in [0.15, 0.2) is 22.7 Å². The summed E-state index contributed by atoms with van der Waals surface area (Å²) in [5.74, 6) is -3.23. The SMILES string of the molecule is CCOC(=O)/C=C\[C@H](C[C@@H]1CCNC1=O)NC(=O)[C@H](CC(C)C)NC(=O)[C@@H](NC(=O)[C@H](C)NC(=O)c1cc(C)on1)C(C)C. The van der Waals surface area contributed by atoms with Gasteiger partial charge in [-0.2, -0.15) is 0 Å². The molecule has 14 heteroatoms. The summed E-state index contributed by atoms with van der Waals surface area (Å²) in [4.78, 5) is 76.4. The van der Waals surface area contributed by atoms with Crippen LogP contribution in [-0.4, -0.2) is 78.0 Å². The minimum absolute atomic E-state index is 0.0164. The molecule has 1 fully saturated rings. The normalized spacial score (nSPS) is 17.5. The van der Waals surface area contributed by atoms with Gasteiger partial charge in [0.25, 0.3) is 5.91 Å². The Morgan fingerprint density at radius 2 is 1.75 bits per heavy atom. The third-order valence-electron chi connectivity index (χ3n) is 6.97. The largest absolute Gasteiger partial charge is 0.463 e. The molecule has 1 aliphatic heterocycles. The molecule has 2 heterocycles.